The fraction of sp³-hybridized carbons (Fsp3) is 1.00. The summed E-state index contributed by atoms with van der Waals surface area (Å²) in [5.74, 6) is 0. The maximum Gasteiger partial charge on any atom is 0.0592 e. The summed E-state index contributed by atoms with van der Waals surface area (Å²) in [5, 5.41) is 3.26. The van der Waals surface area contributed by atoms with E-state index in [1.165, 1.54) is 0 Å². The van der Waals surface area contributed by atoms with E-state index in [-0.39, 0.29) is 0 Å². The van der Waals surface area contributed by atoms with E-state index < -0.39 is 0 Å². The first kappa shape index (κ1) is 6.01. The van der Waals surface area contributed by atoms with Crippen LogP contribution >= 0.6 is 0 Å². The van der Waals surface area contributed by atoms with Crippen LogP contribution in [-0.4, -0.2) is 18.8 Å². The van der Waals surface area contributed by atoms with Gasteiger partial charge in [-0.3, -0.25) is 10.7 Å². The molecule has 3 N–H and O–H groups in total. The molecule has 3 heteroatoms. The van der Waals surface area contributed by atoms with Crippen LogP contribution in [0.4, 0.5) is 0 Å². The van der Waals surface area contributed by atoms with Gasteiger partial charge in [0.1, 0.15) is 0 Å². The molecule has 8 heavy (non-hydrogen) atoms. The summed E-state index contributed by atoms with van der Waals surface area (Å²) < 4.78 is 0. The Morgan fingerprint density at radius 3 is 2.38 bits per heavy atom. The lowest BCUT2D eigenvalue weighted by Gasteiger charge is -2.28. The lowest BCUT2D eigenvalue weighted by atomic mass is 10.2. The van der Waals surface area contributed by atoms with Gasteiger partial charge in [0, 0.05) is 12.1 Å². The molecule has 2 atom stereocenters. The van der Waals surface area contributed by atoms with Gasteiger partial charge in [0.05, 0.1) is 6.67 Å². The molecule has 0 aromatic carbocycles. The van der Waals surface area contributed by atoms with Crippen molar-refractivity contribution >= 4 is 0 Å². The van der Waals surface area contributed by atoms with Crippen LogP contribution in [0.2, 0.25) is 0 Å². The molecule has 1 fully saturated rings. The fourth-order valence-corrected chi connectivity index (χ4v) is 0.726. The minimum atomic E-state index is 0.531. The number of hydrazine groups is 1. The Balaban J connectivity index is 2.28. The molecule has 0 aromatic heterocycles. The molecular weight excluding hydrogens is 102 g/mol. The number of rotatable bonds is 0. The third kappa shape index (κ3) is 1.18. The van der Waals surface area contributed by atoms with Gasteiger partial charge in [0.15, 0.2) is 0 Å². The highest BCUT2D eigenvalue weighted by Crippen LogP contribution is 1.91. The molecule has 0 bridgehead atoms. The zero-order valence-corrected chi connectivity index (χ0v) is 5.36. The van der Waals surface area contributed by atoms with Gasteiger partial charge in [0.2, 0.25) is 0 Å². The van der Waals surface area contributed by atoms with Crippen LogP contribution in [0.3, 0.4) is 0 Å². The molecule has 1 aliphatic heterocycles. The first-order chi connectivity index (χ1) is 3.80. The highest BCUT2D eigenvalue weighted by atomic mass is 15.4. The molecule has 1 rings (SSSR count). The van der Waals surface area contributed by atoms with Gasteiger partial charge in [0.25, 0.3) is 0 Å². The van der Waals surface area contributed by atoms with E-state index in [2.05, 4.69) is 30.0 Å². The Bertz CT molecular complexity index is 64.1. The molecular formula is C5H13N3. The Morgan fingerprint density at radius 2 is 2.00 bits per heavy atom. The second kappa shape index (κ2) is 2.44. The minimum absolute atomic E-state index is 0.531. The minimum Gasteiger partial charge on any atom is -0.299 e. The van der Waals surface area contributed by atoms with Gasteiger partial charge in [-0.2, -0.15) is 0 Å². The van der Waals surface area contributed by atoms with Crippen LogP contribution in [-0.2, 0) is 0 Å². The standard InChI is InChI=1S/C5H13N3/c1-4-5(2)8-7-3-6-4/h4-8H,3H2,1-2H3/t4-,5?/m0/s1. The molecule has 48 valence electrons. The average molecular weight is 115 g/mol. The van der Waals surface area contributed by atoms with Gasteiger partial charge >= 0.3 is 0 Å². The maximum absolute atomic E-state index is 3.26. The quantitative estimate of drug-likeness (QED) is 0.395. The summed E-state index contributed by atoms with van der Waals surface area (Å²) in [6, 6.07) is 1.11. The predicted molar refractivity (Wildman–Crippen MR) is 33.2 cm³/mol. The molecule has 1 saturated heterocycles. The van der Waals surface area contributed by atoms with Gasteiger partial charge in [-0.05, 0) is 13.8 Å². The summed E-state index contributed by atoms with van der Waals surface area (Å²) >= 11 is 0. The smallest absolute Gasteiger partial charge is 0.0592 e. The molecule has 1 heterocycles. The Kier molecular flexibility index (Phi) is 1.83. The summed E-state index contributed by atoms with van der Waals surface area (Å²) in [7, 11) is 0. The molecule has 1 aliphatic rings. The van der Waals surface area contributed by atoms with Crippen molar-refractivity contribution in [1.29, 1.82) is 0 Å². The van der Waals surface area contributed by atoms with Gasteiger partial charge in [-0.15, -0.1) is 0 Å². The molecule has 0 saturated carbocycles. The molecule has 0 spiro atoms. The zero-order valence-electron chi connectivity index (χ0n) is 5.36. The third-order valence-electron chi connectivity index (χ3n) is 1.59. The van der Waals surface area contributed by atoms with E-state index in [1.807, 2.05) is 0 Å². The van der Waals surface area contributed by atoms with Crippen molar-refractivity contribution in [2.45, 2.75) is 25.9 Å². The maximum atomic E-state index is 3.26. The normalized spacial score (nSPS) is 39.8. The molecule has 0 amide bonds. The monoisotopic (exact) mass is 115 g/mol. The molecule has 3 nitrogen and oxygen atoms in total. The Hall–Kier alpha value is -0.120. The van der Waals surface area contributed by atoms with Crippen LogP contribution in [0, 0.1) is 0 Å². The van der Waals surface area contributed by atoms with Crippen molar-refractivity contribution in [2.24, 2.45) is 0 Å². The lowest BCUT2D eigenvalue weighted by Crippen LogP contribution is -2.59. The van der Waals surface area contributed by atoms with E-state index in [9.17, 15) is 0 Å². The predicted octanol–water partition coefficient (Wildman–Crippen LogP) is -0.582. The van der Waals surface area contributed by atoms with Gasteiger partial charge in [-0.25, -0.2) is 5.43 Å². The van der Waals surface area contributed by atoms with Crippen molar-refractivity contribution < 1.29 is 0 Å². The highest BCUT2D eigenvalue weighted by molar-refractivity contribution is 4.75. The van der Waals surface area contributed by atoms with Crippen LogP contribution in [0.25, 0.3) is 0 Å². The molecule has 0 aromatic rings. The first-order valence-corrected chi connectivity index (χ1v) is 3.02. The first-order valence-electron chi connectivity index (χ1n) is 3.02. The van der Waals surface area contributed by atoms with Crippen LogP contribution in [0.5, 0.6) is 0 Å². The van der Waals surface area contributed by atoms with Crippen molar-refractivity contribution in [2.75, 3.05) is 6.67 Å². The van der Waals surface area contributed by atoms with Gasteiger partial charge < -0.3 is 0 Å². The van der Waals surface area contributed by atoms with E-state index >= 15 is 0 Å². The molecule has 1 unspecified atom stereocenters. The second-order valence-corrected chi connectivity index (χ2v) is 2.28. The summed E-state index contributed by atoms with van der Waals surface area (Å²) in [5.41, 5.74) is 6.12. The third-order valence-corrected chi connectivity index (χ3v) is 1.59. The van der Waals surface area contributed by atoms with Crippen LogP contribution in [0.1, 0.15) is 13.8 Å². The second-order valence-electron chi connectivity index (χ2n) is 2.28. The summed E-state index contributed by atoms with van der Waals surface area (Å²) in [6.45, 7) is 5.17. The van der Waals surface area contributed by atoms with Crippen molar-refractivity contribution in [3.63, 3.8) is 0 Å². The Labute approximate surface area is 49.8 Å². The number of hydrogen-bond donors (Lipinski definition) is 3. The number of nitrogens with one attached hydrogen (secondary N) is 3. The van der Waals surface area contributed by atoms with Crippen molar-refractivity contribution in [3.05, 3.63) is 0 Å². The largest absolute Gasteiger partial charge is 0.299 e. The lowest BCUT2D eigenvalue weighted by molar-refractivity contribution is 0.289. The van der Waals surface area contributed by atoms with E-state index in [0.29, 0.717) is 12.1 Å². The fourth-order valence-electron chi connectivity index (χ4n) is 0.726. The summed E-state index contributed by atoms with van der Waals surface area (Å²) in [6.07, 6.45) is 0. The van der Waals surface area contributed by atoms with E-state index in [4.69, 9.17) is 0 Å². The Morgan fingerprint density at radius 1 is 1.25 bits per heavy atom. The van der Waals surface area contributed by atoms with Gasteiger partial charge in [-0.1, -0.05) is 0 Å². The zero-order chi connectivity index (χ0) is 5.98. The van der Waals surface area contributed by atoms with E-state index in [1.54, 1.807) is 0 Å². The average Bonchev–Trinajstić information content (AvgIpc) is 1.77. The van der Waals surface area contributed by atoms with Crippen molar-refractivity contribution in [1.82, 2.24) is 16.2 Å². The SMILES string of the molecule is CC1NNCN[C@H]1C. The van der Waals surface area contributed by atoms with Crippen LogP contribution < -0.4 is 16.2 Å². The topological polar surface area (TPSA) is 36.1 Å². The molecule has 0 radical (unpaired) electrons. The summed E-state index contributed by atoms with van der Waals surface area (Å²) in [4.78, 5) is 0. The van der Waals surface area contributed by atoms with Crippen LogP contribution in [0.15, 0.2) is 0 Å². The highest BCUT2D eigenvalue weighted by Gasteiger charge is 2.13. The number of hydrogen-bond acceptors (Lipinski definition) is 3. The van der Waals surface area contributed by atoms with Crippen molar-refractivity contribution in [3.8, 4) is 0 Å². The van der Waals surface area contributed by atoms with E-state index in [0.717, 1.165) is 6.67 Å². The molecule has 0 aliphatic carbocycles.